The average molecular weight is 314 g/mol. The number of sulfonamides is 1. The summed E-state index contributed by atoms with van der Waals surface area (Å²) in [5.74, 6) is 0.781. The summed E-state index contributed by atoms with van der Waals surface area (Å²) >= 11 is 1.42. The van der Waals surface area contributed by atoms with Crippen LogP contribution in [0.4, 0.5) is 5.82 Å². The predicted molar refractivity (Wildman–Crippen MR) is 79.7 cm³/mol. The molecule has 0 amide bonds. The van der Waals surface area contributed by atoms with Gasteiger partial charge in [0.2, 0.25) is 0 Å². The molecular formula is C12H18N4O2S2. The third-order valence-corrected chi connectivity index (χ3v) is 6.15. The second-order valence-electron chi connectivity index (χ2n) is 5.21. The maximum absolute atomic E-state index is 12.7. The molecule has 110 valence electrons. The van der Waals surface area contributed by atoms with Gasteiger partial charge in [-0.15, -0.1) is 11.3 Å². The highest BCUT2D eigenvalue weighted by Crippen LogP contribution is 2.29. The first-order valence-corrected chi connectivity index (χ1v) is 9.05. The van der Waals surface area contributed by atoms with Crippen LogP contribution in [0.2, 0.25) is 0 Å². The maximum atomic E-state index is 12.7. The van der Waals surface area contributed by atoms with Crippen LogP contribution in [0, 0.1) is 5.92 Å². The van der Waals surface area contributed by atoms with Gasteiger partial charge in [0.05, 0.1) is 0 Å². The minimum Gasteiger partial charge on any atom is -0.371 e. The number of fused-ring (bicyclic) bond motifs is 1. The van der Waals surface area contributed by atoms with Crippen molar-refractivity contribution in [1.29, 1.82) is 0 Å². The lowest BCUT2D eigenvalue weighted by Crippen LogP contribution is -2.37. The number of nitrogens with zero attached hydrogens (tertiary/aromatic N) is 2. The quantitative estimate of drug-likeness (QED) is 0.904. The van der Waals surface area contributed by atoms with Crippen molar-refractivity contribution < 1.29 is 8.42 Å². The normalized spacial score (nSPS) is 23.5. The number of imidazole rings is 1. The number of rotatable bonds is 4. The van der Waals surface area contributed by atoms with Crippen molar-refractivity contribution in [3.8, 4) is 0 Å². The van der Waals surface area contributed by atoms with Crippen molar-refractivity contribution in [2.24, 2.45) is 5.92 Å². The van der Waals surface area contributed by atoms with Crippen LogP contribution in [0.15, 0.2) is 16.6 Å². The van der Waals surface area contributed by atoms with Crippen molar-refractivity contribution in [3.63, 3.8) is 0 Å². The molecule has 0 aromatic carbocycles. The highest BCUT2D eigenvalue weighted by atomic mass is 32.2. The zero-order chi connectivity index (χ0) is 14.3. The monoisotopic (exact) mass is 314 g/mol. The molecule has 2 unspecified atom stereocenters. The van der Waals surface area contributed by atoms with Crippen LogP contribution in [-0.2, 0) is 10.0 Å². The Morgan fingerprint density at radius 3 is 2.90 bits per heavy atom. The Morgan fingerprint density at radius 2 is 2.25 bits per heavy atom. The van der Waals surface area contributed by atoms with E-state index in [1.807, 2.05) is 5.38 Å². The first-order chi connectivity index (χ1) is 9.53. The molecular weight excluding hydrogens is 296 g/mol. The number of hydrogen-bond acceptors (Lipinski definition) is 5. The van der Waals surface area contributed by atoms with Gasteiger partial charge in [-0.3, -0.25) is 4.40 Å². The molecule has 2 atom stereocenters. The second-order valence-corrected chi connectivity index (χ2v) is 7.71. The summed E-state index contributed by atoms with van der Waals surface area (Å²) in [5.41, 5.74) is 0. The lowest BCUT2D eigenvalue weighted by Gasteiger charge is -2.17. The minimum absolute atomic E-state index is 0.0221. The molecule has 0 radical (unpaired) electrons. The fraction of sp³-hybridized carbons (Fsp3) is 0.583. The number of hydrogen-bond donors (Lipinski definition) is 2. The topological polar surface area (TPSA) is 75.5 Å². The molecule has 0 aliphatic heterocycles. The van der Waals surface area contributed by atoms with Crippen molar-refractivity contribution in [2.75, 3.05) is 12.4 Å². The van der Waals surface area contributed by atoms with Crippen LogP contribution < -0.4 is 10.0 Å². The van der Waals surface area contributed by atoms with E-state index in [1.54, 1.807) is 17.6 Å². The summed E-state index contributed by atoms with van der Waals surface area (Å²) in [6.07, 6.45) is 4.79. The van der Waals surface area contributed by atoms with E-state index in [0.717, 1.165) is 19.3 Å². The van der Waals surface area contributed by atoms with Gasteiger partial charge in [0, 0.05) is 24.7 Å². The van der Waals surface area contributed by atoms with Crippen molar-refractivity contribution in [3.05, 3.63) is 11.6 Å². The Morgan fingerprint density at radius 1 is 1.45 bits per heavy atom. The molecule has 0 bridgehead atoms. The number of aromatic nitrogens is 2. The number of nitrogens with one attached hydrogen (secondary N) is 2. The van der Waals surface area contributed by atoms with E-state index in [4.69, 9.17) is 0 Å². The van der Waals surface area contributed by atoms with E-state index in [1.165, 1.54) is 11.3 Å². The molecule has 2 aromatic rings. The Bertz CT molecular complexity index is 719. The molecule has 2 aromatic heterocycles. The van der Waals surface area contributed by atoms with Gasteiger partial charge in [-0.25, -0.2) is 18.1 Å². The van der Waals surface area contributed by atoms with Crippen LogP contribution in [-0.4, -0.2) is 30.9 Å². The third-order valence-electron chi connectivity index (χ3n) is 3.88. The van der Waals surface area contributed by atoms with Gasteiger partial charge in [0.25, 0.3) is 10.0 Å². The van der Waals surface area contributed by atoms with E-state index >= 15 is 0 Å². The lowest BCUT2D eigenvalue weighted by molar-refractivity contribution is 0.475. The Labute approximate surface area is 122 Å². The number of thiazole rings is 1. The predicted octanol–water partition coefficient (Wildman–Crippen LogP) is 1.90. The van der Waals surface area contributed by atoms with Crippen molar-refractivity contribution in [1.82, 2.24) is 14.1 Å². The number of anilines is 1. The van der Waals surface area contributed by atoms with Gasteiger partial charge in [-0.1, -0.05) is 13.3 Å². The van der Waals surface area contributed by atoms with Gasteiger partial charge in [-0.2, -0.15) is 0 Å². The molecule has 3 rings (SSSR count). The van der Waals surface area contributed by atoms with Crippen LogP contribution in [0.3, 0.4) is 0 Å². The molecule has 2 heterocycles. The second kappa shape index (κ2) is 5.01. The molecule has 8 heteroatoms. The zero-order valence-corrected chi connectivity index (χ0v) is 13.1. The largest absolute Gasteiger partial charge is 0.371 e. The molecule has 1 saturated carbocycles. The van der Waals surface area contributed by atoms with E-state index in [0.29, 0.717) is 16.7 Å². The summed E-state index contributed by atoms with van der Waals surface area (Å²) in [4.78, 5) is 4.98. The summed E-state index contributed by atoms with van der Waals surface area (Å²) in [6.45, 7) is 2.09. The van der Waals surface area contributed by atoms with Gasteiger partial charge in [0.15, 0.2) is 15.8 Å². The molecule has 0 saturated heterocycles. The molecule has 1 aliphatic carbocycles. The average Bonchev–Trinajstić information content (AvgIpc) is 3.04. The maximum Gasteiger partial charge on any atom is 0.260 e. The van der Waals surface area contributed by atoms with Gasteiger partial charge in [-0.05, 0) is 18.8 Å². The van der Waals surface area contributed by atoms with E-state index in [-0.39, 0.29) is 11.1 Å². The summed E-state index contributed by atoms with van der Waals surface area (Å²) in [7, 11) is -1.89. The standard InChI is InChI=1S/C12H18N4O2S2/c1-8-4-3-5-9(8)15-20(17,18)11-10(13-2)14-12-16(11)6-7-19-12/h6-9,13,15H,3-5H2,1-2H3. The minimum atomic E-state index is -3.58. The van der Waals surface area contributed by atoms with Crippen LogP contribution in [0.5, 0.6) is 0 Å². The highest BCUT2D eigenvalue weighted by Gasteiger charge is 2.32. The van der Waals surface area contributed by atoms with E-state index < -0.39 is 10.0 Å². The molecule has 20 heavy (non-hydrogen) atoms. The molecule has 1 aliphatic rings. The van der Waals surface area contributed by atoms with Crippen LogP contribution in [0.1, 0.15) is 26.2 Å². The van der Waals surface area contributed by atoms with Gasteiger partial charge >= 0.3 is 0 Å². The Balaban J connectivity index is 2.01. The molecule has 0 spiro atoms. The first kappa shape index (κ1) is 13.8. The van der Waals surface area contributed by atoms with Crippen molar-refractivity contribution >= 4 is 32.1 Å². The summed E-state index contributed by atoms with van der Waals surface area (Å²) < 4.78 is 29.8. The highest BCUT2D eigenvalue weighted by molar-refractivity contribution is 7.89. The molecule has 6 nitrogen and oxygen atoms in total. The SMILES string of the molecule is CNc1nc2sccn2c1S(=O)(=O)NC1CCCC1C. The summed E-state index contributed by atoms with van der Waals surface area (Å²) in [5, 5.41) is 4.91. The van der Waals surface area contributed by atoms with Crippen LogP contribution in [0.25, 0.3) is 4.96 Å². The lowest BCUT2D eigenvalue weighted by atomic mass is 10.1. The first-order valence-electron chi connectivity index (χ1n) is 6.68. The fourth-order valence-corrected chi connectivity index (χ4v) is 5.20. The Kier molecular flexibility index (Phi) is 3.47. The van der Waals surface area contributed by atoms with E-state index in [2.05, 4.69) is 21.9 Å². The third kappa shape index (κ3) is 2.21. The van der Waals surface area contributed by atoms with Gasteiger partial charge < -0.3 is 5.32 Å². The Hall–Kier alpha value is -1.12. The van der Waals surface area contributed by atoms with Crippen LogP contribution >= 0.6 is 11.3 Å². The molecule has 1 fully saturated rings. The molecule has 2 N–H and O–H groups in total. The smallest absolute Gasteiger partial charge is 0.260 e. The van der Waals surface area contributed by atoms with E-state index in [9.17, 15) is 8.42 Å². The van der Waals surface area contributed by atoms with Gasteiger partial charge in [0.1, 0.15) is 0 Å². The zero-order valence-electron chi connectivity index (χ0n) is 11.5. The fourth-order valence-electron chi connectivity index (χ4n) is 2.76. The van der Waals surface area contributed by atoms with Crippen molar-refractivity contribution in [2.45, 2.75) is 37.3 Å². The summed E-state index contributed by atoms with van der Waals surface area (Å²) in [6, 6.07) is 0.0221.